The zero-order chi connectivity index (χ0) is 11.3. The summed E-state index contributed by atoms with van der Waals surface area (Å²) < 4.78 is 1.98. The van der Waals surface area contributed by atoms with Gasteiger partial charge in [0.2, 0.25) is 0 Å². The van der Waals surface area contributed by atoms with E-state index >= 15 is 0 Å². The number of carboxylic acids is 1. The lowest BCUT2D eigenvalue weighted by atomic mass is 10.3. The first-order chi connectivity index (χ1) is 7.66. The maximum atomic E-state index is 11.0. The van der Waals surface area contributed by atoms with Crippen LogP contribution in [0.25, 0.3) is 11.7 Å². The quantitative estimate of drug-likeness (QED) is 0.818. The van der Waals surface area contributed by atoms with Gasteiger partial charge in [-0.05, 0) is 25.1 Å². The van der Waals surface area contributed by atoms with Crippen LogP contribution in [0.3, 0.4) is 0 Å². The van der Waals surface area contributed by atoms with E-state index < -0.39 is 5.97 Å². The van der Waals surface area contributed by atoms with Gasteiger partial charge < -0.3 is 5.11 Å². The van der Waals surface area contributed by atoms with Gasteiger partial charge in [0.25, 0.3) is 0 Å². The van der Waals surface area contributed by atoms with Gasteiger partial charge in [-0.2, -0.15) is 0 Å². The Morgan fingerprint density at radius 3 is 3.06 bits per heavy atom. The van der Waals surface area contributed by atoms with Crippen molar-refractivity contribution >= 4 is 29.5 Å². The molecule has 1 N–H and O–H groups in total. The summed E-state index contributed by atoms with van der Waals surface area (Å²) in [5.41, 5.74) is 2.58. The van der Waals surface area contributed by atoms with Gasteiger partial charge in [-0.1, -0.05) is 17.8 Å². The molecule has 5 heteroatoms. The van der Waals surface area contributed by atoms with Crippen molar-refractivity contribution in [3.05, 3.63) is 34.5 Å². The van der Waals surface area contributed by atoms with Crippen molar-refractivity contribution in [1.29, 1.82) is 0 Å². The molecule has 0 aliphatic carbocycles. The molecule has 0 amide bonds. The number of aromatic nitrogens is 2. The van der Waals surface area contributed by atoms with Crippen LogP contribution >= 0.6 is 11.8 Å². The van der Waals surface area contributed by atoms with E-state index in [9.17, 15) is 4.79 Å². The van der Waals surface area contributed by atoms with Crippen LogP contribution in [0.15, 0.2) is 28.1 Å². The van der Waals surface area contributed by atoms with Gasteiger partial charge in [0.1, 0.15) is 10.6 Å². The summed E-state index contributed by atoms with van der Waals surface area (Å²) >= 11 is 1.26. The zero-order valence-electron chi connectivity index (χ0n) is 8.47. The third kappa shape index (κ3) is 1.18. The number of aryl methyl sites for hydroxylation is 1. The molecule has 0 atom stereocenters. The van der Waals surface area contributed by atoms with Crippen LogP contribution in [0.2, 0.25) is 0 Å². The summed E-state index contributed by atoms with van der Waals surface area (Å²) in [6, 6.07) is 5.71. The number of thioether (sulfide) groups is 1. The molecule has 0 saturated heterocycles. The Balaban J connectivity index is 2.38. The fourth-order valence-corrected chi connectivity index (χ4v) is 2.73. The van der Waals surface area contributed by atoms with Gasteiger partial charge in [0.15, 0.2) is 0 Å². The van der Waals surface area contributed by atoms with Crippen LogP contribution in [-0.2, 0) is 4.79 Å². The Labute approximate surface area is 95.6 Å². The van der Waals surface area contributed by atoms with E-state index in [2.05, 4.69) is 4.98 Å². The molecule has 0 spiro atoms. The summed E-state index contributed by atoms with van der Waals surface area (Å²) in [5.74, 6) is -0.895. The zero-order valence-corrected chi connectivity index (χ0v) is 9.28. The van der Waals surface area contributed by atoms with Crippen molar-refractivity contribution in [1.82, 2.24) is 9.38 Å². The first kappa shape index (κ1) is 9.47. The van der Waals surface area contributed by atoms with E-state index in [1.807, 2.05) is 29.5 Å². The van der Waals surface area contributed by atoms with Crippen molar-refractivity contribution in [2.24, 2.45) is 0 Å². The molecule has 0 fully saturated rings. The Kier molecular flexibility index (Phi) is 1.85. The number of hydrogen-bond donors (Lipinski definition) is 1. The average Bonchev–Trinajstić information content (AvgIpc) is 2.58. The van der Waals surface area contributed by atoms with Gasteiger partial charge in [0.05, 0.1) is 16.4 Å². The number of aliphatic carboxylic acids is 1. The minimum atomic E-state index is -0.895. The molecule has 0 bridgehead atoms. The van der Waals surface area contributed by atoms with Crippen LogP contribution < -0.4 is 0 Å². The van der Waals surface area contributed by atoms with Crippen LogP contribution in [0.5, 0.6) is 0 Å². The molecule has 0 saturated carbocycles. The number of pyridine rings is 1. The summed E-state index contributed by atoms with van der Waals surface area (Å²) in [4.78, 5) is 15.7. The molecule has 0 aromatic carbocycles. The lowest BCUT2D eigenvalue weighted by Gasteiger charge is -2.12. The summed E-state index contributed by atoms with van der Waals surface area (Å²) in [6.45, 7) is 1.89. The largest absolute Gasteiger partial charge is 0.477 e. The van der Waals surface area contributed by atoms with E-state index in [1.165, 1.54) is 11.8 Å². The lowest BCUT2D eigenvalue weighted by Crippen LogP contribution is -2.04. The maximum Gasteiger partial charge on any atom is 0.342 e. The molecule has 3 heterocycles. The molecular formula is C11H8N2O2S. The minimum Gasteiger partial charge on any atom is -0.477 e. The van der Waals surface area contributed by atoms with Crippen molar-refractivity contribution in [2.75, 3.05) is 0 Å². The Hall–Kier alpha value is -1.75. The molecule has 1 aliphatic heterocycles. The van der Waals surface area contributed by atoms with Gasteiger partial charge in [-0.25, -0.2) is 9.78 Å². The summed E-state index contributed by atoms with van der Waals surface area (Å²) in [6.07, 6.45) is 1.68. The highest BCUT2D eigenvalue weighted by atomic mass is 32.2. The van der Waals surface area contributed by atoms with Crippen molar-refractivity contribution in [2.45, 2.75) is 11.9 Å². The van der Waals surface area contributed by atoms with Gasteiger partial charge >= 0.3 is 5.97 Å². The Morgan fingerprint density at radius 2 is 2.31 bits per heavy atom. The monoisotopic (exact) mass is 232 g/mol. The molecule has 2 aromatic heterocycles. The smallest absolute Gasteiger partial charge is 0.342 e. The van der Waals surface area contributed by atoms with Gasteiger partial charge in [-0.3, -0.25) is 4.40 Å². The molecule has 3 rings (SSSR count). The standard InChI is InChI=1S/C11H8N2O2S/c1-6-7-5-8(11(14)15)16-10-4-2-3-9(12-6)13(7)10/h2-5H,1H3,(H,14,15). The topological polar surface area (TPSA) is 54.6 Å². The highest BCUT2D eigenvalue weighted by Gasteiger charge is 2.20. The van der Waals surface area contributed by atoms with E-state index in [0.29, 0.717) is 4.91 Å². The number of rotatable bonds is 1. The normalized spacial score (nSPS) is 13.9. The molecular weight excluding hydrogens is 224 g/mol. The minimum absolute atomic E-state index is 0.337. The third-order valence-electron chi connectivity index (χ3n) is 2.52. The molecule has 16 heavy (non-hydrogen) atoms. The number of carboxylic acid groups (broad SMARTS) is 1. The molecule has 0 radical (unpaired) electrons. The SMILES string of the molecule is Cc1nc2cccc3n2c1C=C(C(=O)O)S3. The number of hydrogen-bond acceptors (Lipinski definition) is 3. The maximum absolute atomic E-state index is 11.0. The van der Waals surface area contributed by atoms with E-state index in [0.717, 1.165) is 22.1 Å². The van der Waals surface area contributed by atoms with Crippen molar-refractivity contribution in [3.8, 4) is 0 Å². The predicted molar refractivity (Wildman–Crippen MR) is 61.4 cm³/mol. The second kappa shape index (κ2) is 3.12. The second-order valence-electron chi connectivity index (χ2n) is 3.56. The van der Waals surface area contributed by atoms with E-state index in [-0.39, 0.29) is 0 Å². The Bertz CT molecular complexity index is 643. The molecule has 80 valence electrons. The first-order valence-electron chi connectivity index (χ1n) is 4.78. The highest BCUT2D eigenvalue weighted by molar-refractivity contribution is 8.04. The van der Waals surface area contributed by atoms with Crippen molar-refractivity contribution in [3.63, 3.8) is 0 Å². The van der Waals surface area contributed by atoms with E-state index in [4.69, 9.17) is 5.11 Å². The van der Waals surface area contributed by atoms with Gasteiger partial charge in [0, 0.05) is 0 Å². The van der Waals surface area contributed by atoms with Crippen LogP contribution in [0.1, 0.15) is 11.4 Å². The number of imidazole rings is 1. The summed E-state index contributed by atoms with van der Waals surface area (Å²) in [7, 11) is 0. The average molecular weight is 232 g/mol. The van der Waals surface area contributed by atoms with Crippen LogP contribution in [0, 0.1) is 6.92 Å². The Morgan fingerprint density at radius 1 is 1.50 bits per heavy atom. The van der Waals surface area contributed by atoms with Crippen LogP contribution in [0.4, 0.5) is 0 Å². The van der Waals surface area contributed by atoms with Crippen molar-refractivity contribution < 1.29 is 9.90 Å². The second-order valence-corrected chi connectivity index (χ2v) is 4.62. The number of nitrogens with zero attached hydrogens (tertiary/aromatic N) is 2. The molecule has 0 unspecified atom stereocenters. The van der Waals surface area contributed by atoms with Gasteiger partial charge in [-0.15, -0.1) is 0 Å². The lowest BCUT2D eigenvalue weighted by molar-refractivity contribution is -0.131. The molecule has 4 nitrogen and oxygen atoms in total. The molecule has 2 aromatic rings. The van der Waals surface area contributed by atoms with E-state index in [1.54, 1.807) is 6.08 Å². The van der Waals surface area contributed by atoms with Crippen LogP contribution in [-0.4, -0.2) is 20.5 Å². The fourth-order valence-electron chi connectivity index (χ4n) is 1.82. The third-order valence-corrected chi connectivity index (χ3v) is 3.56. The molecule has 1 aliphatic rings. The predicted octanol–water partition coefficient (Wildman–Crippen LogP) is 2.17. The number of carbonyl (C=O) groups is 1. The highest BCUT2D eigenvalue weighted by Crippen LogP contribution is 2.35. The summed E-state index contributed by atoms with van der Waals surface area (Å²) in [5, 5.41) is 9.93. The first-order valence-corrected chi connectivity index (χ1v) is 5.59. The fraction of sp³-hybridized carbons (Fsp3) is 0.0909.